The van der Waals surface area contributed by atoms with E-state index in [1.54, 1.807) is 6.07 Å². The molecule has 3 nitrogen and oxygen atoms in total. The molecule has 3 rings (SSSR count). The maximum atomic E-state index is 14.2. The molecule has 2 atom stereocenters. The van der Waals surface area contributed by atoms with Gasteiger partial charge in [-0.2, -0.15) is 0 Å². The Morgan fingerprint density at radius 3 is 2.42 bits per heavy atom. The van der Waals surface area contributed by atoms with Gasteiger partial charge in [0, 0.05) is 18.9 Å². The molecular formula is C22H27FO3. The molecule has 4 heteroatoms. The van der Waals surface area contributed by atoms with Crippen LogP contribution >= 0.6 is 0 Å². The minimum Gasteiger partial charge on any atom is -0.457 e. The molecule has 26 heavy (non-hydrogen) atoms. The molecule has 1 heterocycles. The topological polar surface area (TPSA) is 38.7 Å². The van der Waals surface area contributed by atoms with Gasteiger partial charge in [-0.05, 0) is 47.7 Å². The zero-order valence-electron chi connectivity index (χ0n) is 15.9. The van der Waals surface area contributed by atoms with Crippen LogP contribution in [-0.2, 0) is 15.8 Å². The van der Waals surface area contributed by atoms with Gasteiger partial charge < -0.3 is 14.6 Å². The lowest BCUT2D eigenvalue weighted by Gasteiger charge is -2.36. The predicted octanol–water partition coefficient (Wildman–Crippen LogP) is 5.30. The summed E-state index contributed by atoms with van der Waals surface area (Å²) in [6.07, 6.45) is 0.822. The number of rotatable bonds is 3. The van der Waals surface area contributed by atoms with Gasteiger partial charge in [-0.15, -0.1) is 0 Å². The molecule has 0 bridgehead atoms. The number of hydrogen-bond donors (Lipinski definition) is 1. The van der Waals surface area contributed by atoms with Crippen molar-refractivity contribution in [3.05, 3.63) is 59.4 Å². The van der Waals surface area contributed by atoms with Gasteiger partial charge in [0.25, 0.3) is 0 Å². The molecule has 2 aromatic rings. The van der Waals surface area contributed by atoms with Gasteiger partial charge in [0.05, 0.1) is 18.3 Å². The van der Waals surface area contributed by atoms with Gasteiger partial charge in [0.15, 0.2) is 0 Å². The summed E-state index contributed by atoms with van der Waals surface area (Å²) >= 11 is 0. The van der Waals surface area contributed by atoms with E-state index in [0.717, 1.165) is 0 Å². The van der Waals surface area contributed by atoms with Crippen molar-refractivity contribution in [1.29, 1.82) is 0 Å². The summed E-state index contributed by atoms with van der Waals surface area (Å²) in [5.41, 5.74) is 0.714. The molecule has 140 valence electrons. The quantitative estimate of drug-likeness (QED) is 0.809. The first-order chi connectivity index (χ1) is 12.2. The molecule has 1 saturated heterocycles. The molecule has 0 saturated carbocycles. The normalized spacial score (nSPS) is 23.7. The van der Waals surface area contributed by atoms with Crippen LogP contribution in [0, 0.1) is 5.82 Å². The summed E-state index contributed by atoms with van der Waals surface area (Å²) in [4.78, 5) is 0. The maximum absolute atomic E-state index is 14.2. The first-order valence-corrected chi connectivity index (χ1v) is 9.09. The lowest BCUT2D eigenvalue weighted by atomic mass is 9.84. The van der Waals surface area contributed by atoms with Gasteiger partial charge in [-0.1, -0.05) is 32.9 Å². The van der Waals surface area contributed by atoms with Gasteiger partial charge in [-0.3, -0.25) is 0 Å². The maximum Gasteiger partial charge on any atom is 0.130 e. The van der Waals surface area contributed by atoms with E-state index in [-0.39, 0.29) is 11.5 Å². The minimum atomic E-state index is -1.09. The Hall–Kier alpha value is -1.91. The SMILES string of the molecule is CC1CC(O)(c2cc(F)cc(Oc3ccc(C(C)(C)C)cc3)c2)CCO1. The second-order valence-corrected chi connectivity index (χ2v) is 8.22. The molecule has 2 unspecified atom stereocenters. The van der Waals surface area contributed by atoms with Crippen LogP contribution in [0.4, 0.5) is 4.39 Å². The van der Waals surface area contributed by atoms with Crippen molar-refractivity contribution >= 4 is 0 Å². The van der Waals surface area contributed by atoms with E-state index in [9.17, 15) is 9.50 Å². The van der Waals surface area contributed by atoms with Crippen LogP contribution in [-0.4, -0.2) is 17.8 Å². The molecule has 1 aliphatic heterocycles. The Bertz CT molecular complexity index is 764. The molecule has 0 spiro atoms. The largest absolute Gasteiger partial charge is 0.457 e. The van der Waals surface area contributed by atoms with Crippen LogP contribution in [0.1, 0.15) is 51.7 Å². The lowest BCUT2D eigenvalue weighted by Crippen LogP contribution is -2.37. The van der Waals surface area contributed by atoms with Crippen molar-refractivity contribution in [3.8, 4) is 11.5 Å². The summed E-state index contributed by atoms with van der Waals surface area (Å²) < 4.78 is 25.5. The van der Waals surface area contributed by atoms with Crippen molar-refractivity contribution < 1.29 is 19.0 Å². The third kappa shape index (κ3) is 4.25. The summed E-state index contributed by atoms with van der Waals surface area (Å²) in [6.45, 7) is 8.82. The van der Waals surface area contributed by atoms with E-state index in [1.807, 2.05) is 31.2 Å². The Balaban J connectivity index is 1.84. The average molecular weight is 358 g/mol. The summed E-state index contributed by atoms with van der Waals surface area (Å²) in [7, 11) is 0. The average Bonchev–Trinajstić information content (AvgIpc) is 2.54. The van der Waals surface area contributed by atoms with Gasteiger partial charge in [-0.25, -0.2) is 4.39 Å². The fourth-order valence-electron chi connectivity index (χ4n) is 3.38. The lowest BCUT2D eigenvalue weighted by molar-refractivity contribution is -0.101. The Kier molecular flexibility index (Phi) is 5.09. The number of ether oxygens (including phenoxy) is 2. The standard InChI is InChI=1S/C22H27FO3/c1-15-14-22(24,9-10-25-15)17-11-18(23)13-20(12-17)26-19-7-5-16(6-8-19)21(2,3)4/h5-8,11-13,15,24H,9-10,14H2,1-4H3. The first-order valence-electron chi connectivity index (χ1n) is 9.09. The molecule has 0 radical (unpaired) electrons. The van der Waals surface area contributed by atoms with E-state index in [1.165, 1.54) is 17.7 Å². The molecule has 0 amide bonds. The van der Waals surface area contributed by atoms with Crippen LogP contribution < -0.4 is 4.74 Å². The van der Waals surface area contributed by atoms with Crippen LogP contribution in [0.25, 0.3) is 0 Å². The van der Waals surface area contributed by atoms with Crippen LogP contribution in [0.3, 0.4) is 0 Å². The van der Waals surface area contributed by atoms with Crippen LogP contribution in [0.15, 0.2) is 42.5 Å². The first kappa shape index (κ1) is 18.9. The Morgan fingerprint density at radius 2 is 1.81 bits per heavy atom. The van der Waals surface area contributed by atoms with Crippen molar-refractivity contribution in [3.63, 3.8) is 0 Å². The van der Waals surface area contributed by atoms with Crippen molar-refractivity contribution in [2.24, 2.45) is 0 Å². The Labute approximate surface area is 154 Å². The number of aliphatic hydroxyl groups is 1. The molecular weight excluding hydrogens is 331 g/mol. The smallest absolute Gasteiger partial charge is 0.130 e. The highest BCUT2D eigenvalue weighted by atomic mass is 19.1. The minimum absolute atomic E-state index is 0.0631. The highest BCUT2D eigenvalue weighted by Gasteiger charge is 2.35. The predicted molar refractivity (Wildman–Crippen MR) is 100 cm³/mol. The molecule has 1 N–H and O–H groups in total. The second-order valence-electron chi connectivity index (χ2n) is 8.22. The highest BCUT2D eigenvalue weighted by Crippen LogP contribution is 2.37. The van der Waals surface area contributed by atoms with Gasteiger partial charge >= 0.3 is 0 Å². The van der Waals surface area contributed by atoms with E-state index in [0.29, 0.717) is 36.5 Å². The fraction of sp³-hybridized carbons (Fsp3) is 0.455. The van der Waals surface area contributed by atoms with Crippen LogP contribution in [0.2, 0.25) is 0 Å². The van der Waals surface area contributed by atoms with E-state index in [4.69, 9.17) is 9.47 Å². The highest BCUT2D eigenvalue weighted by molar-refractivity contribution is 5.38. The molecule has 0 aliphatic carbocycles. The molecule has 0 aromatic heterocycles. The third-order valence-electron chi connectivity index (χ3n) is 4.91. The monoisotopic (exact) mass is 358 g/mol. The summed E-state index contributed by atoms with van der Waals surface area (Å²) in [5.74, 6) is 0.606. The van der Waals surface area contributed by atoms with Crippen molar-refractivity contribution in [1.82, 2.24) is 0 Å². The zero-order chi connectivity index (χ0) is 18.9. The molecule has 2 aromatic carbocycles. The van der Waals surface area contributed by atoms with Crippen LogP contribution in [0.5, 0.6) is 11.5 Å². The Morgan fingerprint density at radius 1 is 1.12 bits per heavy atom. The second kappa shape index (κ2) is 7.01. The number of benzene rings is 2. The fourth-order valence-corrected chi connectivity index (χ4v) is 3.38. The van der Waals surface area contributed by atoms with E-state index >= 15 is 0 Å². The number of hydrogen-bond acceptors (Lipinski definition) is 3. The third-order valence-corrected chi connectivity index (χ3v) is 4.91. The molecule has 1 aliphatic rings. The summed E-state index contributed by atoms with van der Waals surface area (Å²) in [5, 5.41) is 11.0. The van der Waals surface area contributed by atoms with E-state index in [2.05, 4.69) is 20.8 Å². The zero-order valence-corrected chi connectivity index (χ0v) is 15.9. The van der Waals surface area contributed by atoms with Gasteiger partial charge in [0.1, 0.15) is 17.3 Å². The van der Waals surface area contributed by atoms with Crippen molar-refractivity contribution in [2.75, 3.05) is 6.61 Å². The molecule has 1 fully saturated rings. The number of halogens is 1. The van der Waals surface area contributed by atoms with Crippen molar-refractivity contribution in [2.45, 2.75) is 57.7 Å². The summed E-state index contributed by atoms with van der Waals surface area (Å²) in [6, 6.07) is 12.2. The van der Waals surface area contributed by atoms with E-state index < -0.39 is 11.4 Å². The van der Waals surface area contributed by atoms with Gasteiger partial charge in [0.2, 0.25) is 0 Å².